The summed E-state index contributed by atoms with van der Waals surface area (Å²) in [6.45, 7) is 7.41. The van der Waals surface area contributed by atoms with E-state index in [9.17, 15) is 18.8 Å². The van der Waals surface area contributed by atoms with Gasteiger partial charge in [-0.2, -0.15) is 0 Å². The minimum absolute atomic E-state index is 0.103. The first-order valence-corrected chi connectivity index (χ1v) is 11.7. The molecule has 1 aliphatic rings. The maximum atomic E-state index is 13.4. The van der Waals surface area contributed by atoms with Gasteiger partial charge in [0.25, 0.3) is 5.91 Å². The van der Waals surface area contributed by atoms with E-state index in [1.54, 1.807) is 29.2 Å². The highest BCUT2D eigenvalue weighted by Crippen LogP contribution is 2.34. The summed E-state index contributed by atoms with van der Waals surface area (Å²) in [5.74, 6) is -0.546. The van der Waals surface area contributed by atoms with Crippen molar-refractivity contribution in [2.75, 3.05) is 11.9 Å². The fraction of sp³-hybridized carbons (Fsp3) is 0.346. The first-order valence-electron chi connectivity index (χ1n) is 11.7. The largest absolute Gasteiger partial charge is 0.444 e. The number of nitrogens with zero attached hydrogens (tertiary/aromatic N) is 3. The number of hydrogen-bond donors (Lipinski definition) is 2. The summed E-state index contributed by atoms with van der Waals surface area (Å²) in [7, 11) is 0. The molecule has 0 aliphatic carbocycles. The molecule has 36 heavy (non-hydrogen) atoms. The van der Waals surface area contributed by atoms with Gasteiger partial charge in [-0.3, -0.25) is 14.5 Å². The molecule has 3 heterocycles. The van der Waals surface area contributed by atoms with Crippen molar-refractivity contribution < 1.29 is 23.5 Å². The molecule has 0 unspecified atom stereocenters. The molecule has 1 fully saturated rings. The average Bonchev–Trinajstić information content (AvgIpc) is 3.46. The van der Waals surface area contributed by atoms with Crippen LogP contribution in [0.4, 0.5) is 15.0 Å². The van der Waals surface area contributed by atoms with Gasteiger partial charge in [-0.15, -0.1) is 0 Å². The maximum absolute atomic E-state index is 13.4. The summed E-state index contributed by atoms with van der Waals surface area (Å²) in [5, 5.41) is 2.55. The lowest BCUT2D eigenvalue weighted by molar-refractivity contribution is 0.0218. The lowest BCUT2D eigenvalue weighted by atomic mass is 10.1. The molecule has 3 aromatic rings. The van der Waals surface area contributed by atoms with Crippen molar-refractivity contribution in [3.8, 4) is 11.3 Å². The molecule has 1 aromatic carbocycles. The van der Waals surface area contributed by atoms with Gasteiger partial charge in [-0.1, -0.05) is 12.1 Å². The average molecular weight is 494 g/mol. The Bertz CT molecular complexity index is 1300. The zero-order chi connectivity index (χ0) is 26.0. The number of H-pyrrole nitrogens is 1. The molecule has 4 rings (SSSR count). The number of ketones is 1. The monoisotopic (exact) mass is 493 g/mol. The molecular weight excluding hydrogens is 465 g/mol. The van der Waals surface area contributed by atoms with E-state index in [2.05, 4.69) is 20.3 Å². The second kappa shape index (κ2) is 9.88. The van der Waals surface area contributed by atoms with Crippen LogP contribution in [0.25, 0.3) is 11.3 Å². The smallest absolute Gasteiger partial charge is 0.410 e. The number of halogens is 1. The number of rotatable bonds is 5. The third-order valence-electron chi connectivity index (χ3n) is 5.65. The van der Waals surface area contributed by atoms with Gasteiger partial charge in [0.2, 0.25) is 0 Å². The van der Waals surface area contributed by atoms with Gasteiger partial charge in [-0.05, 0) is 51.8 Å². The number of Topliss-reactive ketones (excluding diaryl/α,β-unsaturated/α-hetero) is 1. The normalized spacial score (nSPS) is 15.6. The molecule has 0 saturated carbocycles. The van der Waals surface area contributed by atoms with Gasteiger partial charge in [0.15, 0.2) is 5.78 Å². The molecule has 0 spiro atoms. The van der Waals surface area contributed by atoms with Crippen molar-refractivity contribution in [1.82, 2.24) is 19.9 Å². The minimum atomic E-state index is -0.623. The second-order valence-corrected chi connectivity index (χ2v) is 9.62. The number of carbonyl (C=O) groups excluding carboxylic acids is 3. The fourth-order valence-corrected chi connectivity index (χ4v) is 4.04. The first-order chi connectivity index (χ1) is 17.0. The highest BCUT2D eigenvalue weighted by molar-refractivity contribution is 6.04. The van der Waals surface area contributed by atoms with Crippen molar-refractivity contribution in [3.63, 3.8) is 0 Å². The molecule has 9 nitrogen and oxygen atoms in total. The van der Waals surface area contributed by atoms with E-state index in [4.69, 9.17) is 4.74 Å². The number of amides is 2. The van der Waals surface area contributed by atoms with Gasteiger partial charge in [0.1, 0.15) is 28.8 Å². The Morgan fingerprint density at radius 2 is 1.89 bits per heavy atom. The highest BCUT2D eigenvalue weighted by Gasteiger charge is 2.35. The Morgan fingerprint density at radius 1 is 1.17 bits per heavy atom. The Hall–Kier alpha value is -4.08. The van der Waals surface area contributed by atoms with Crippen LogP contribution in [0.15, 0.2) is 42.6 Å². The number of pyridine rings is 1. The number of aromatic amines is 1. The summed E-state index contributed by atoms with van der Waals surface area (Å²) in [4.78, 5) is 51.0. The van der Waals surface area contributed by atoms with Crippen molar-refractivity contribution >= 4 is 23.6 Å². The zero-order valence-electron chi connectivity index (χ0n) is 20.6. The van der Waals surface area contributed by atoms with Crippen molar-refractivity contribution in [1.29, 1.82) is 0 Å². The predicted octanol–water partition coefficient (Wildman–Crippen LogP) is 5.14. The second-order valence-electron chi connectivity index (χ2n) is 9.62. The molecule has 2 aromatic heterocycles. The van der Waals surface area contributed by atoms with E-state index in [0.29, 0.717) is 41.3 Å². The molecule has 1 aliphatic heterocycles. The number of carbonyl (C=O) groups is 3. The number of likely N-dealkylation sites (tertiary alicyclic amines) is 1. The van der Waals surface area contributed by atoms with E-state index in [-0.39, 0.29) is 17.6 Å². The van der Waals surface area contributed by atoms with Crippen LogP contribution in [-0.4, -0.2) is 49.8 Å². The van der Waals surface area contributed by atoms with Crippen molar-refractivity contribution in [2.45, 2.75) is 52.2 Å². The summed E-state index contributed by atoms with van der Waals surface area (Å²) in [5.41, 5.74) is 1.10. The van der Waals surface area contributed by atoms with E-state index in [1.807, 2.05) is 20.8 Å². The minimum Gasteiger partial charge on any atom is -0.444 e. The molecule has 0 radical (unpaired) electrons. The summed E-state index contributed by atoms with van der Waals surface area (Å²) in [6, 6.07) is 8.51. The number of anilines is 1. The third-order valence-corrected chi connectivity index (χ3v) is 5.65. The van der Waals surface area contributed by atoms with Crippen LogP contribution in [0.5, 0.6) is 0 Å². The van der Waals surface area contributed by atoms with Gasteiger partial charge < -0.3 is 15.0 Å². The fourth-order valence-electron chi connectivity index (χ4n) is 4.04. The topological polar surface area (TPSA) is 117 Å². The summed E-state index contributed by atoms with van der Waals surface area (Å²) in [6.07, 6.45) is 2.33. The Kier molecular flexibility index (Phi) is 6.87. The maximum Gasteiger partial charge on any atom is 0.410 e. The van der Waals surface area contributed by atoms with Crippen molar-refractivity contribution in [2.24, 2.45) is 0 Å². The van der Waals surface area contributed by atoms with Crippen LogP contribution < -0.4 is 5.32 Å². The Labute approximate surface area is 208 Å². The molecule has 0 bridgehead atoms. The van der Waals surface area contributed by atoms with Gasteiger partial charge >= 0.3 is 6.09 Å². The Morgan fingerprint density at radius 3 is 2.53 bits per heavy atom. The van der Waals surface area contributed by atoms with Crippen molar-refractivity contribution in [3.05, 3.63) is 65.5 Å². The van der Waals surface area contributed by atoms with E-state index >= 15 is 0 Å². The number of ether oxygens (including phenoxy) is 1. The van der Waals surface area contributed by atoms with Gasteiger partial charge in [0.05, 0.1) is 11.7 Å². The van der Waals surface area contributed by atoms with Gasteiger partial charge in [-0.25, -0.2) is 19.2 Å². The van der Waals surface area contributed by atoms with E-state index in [0.717, 1.165) is 12.5 Å². The quantitative estimate of drug-likeness (QED) is 0.476. The number of benzene rings is 1. The third kappa shape index (κ3) is 5.59. The van der Waals surface area contributed by atoms with Crippen LogP contribution in [0.3, 0.4) is 0 Å². The molecule has 1 atom stereocenters. The predicted molar refractivity (Wildman–Crippen MR) is 131 cm³/mol. The number of aromatic nitrogens is 3. The first kappa shape index (κ1) is 25.0. The number of nitrogens with one attached hydrogen (secondary N) is 2. The molecule has 1 saturated heterocycles. The summed E-state index contributed by atoms with van der Waals surface area (Å²) >= 11 is 0. The van der Waals surface area contributed by atoms with Crippen LogP contribution in [0, 0.1) is 5.82 Å². The SMILES string of the molecule is CC(=O)c1[nH]c([C@@H]2CCCN2C(=O)OC(C)(C)C)nc1-c1ccc(C(=O)Nc2cc(F)ccn2)cc1. The Balaban J connectivity index is 1.57. The van der Waals surface area contributed by atoms with Crippen LogP contribution in [-0.2, 0) is 4.74 Å². The van der Waals surface area contributed by atoms with Gasteiger partial charge in [0, 0.05) is 36.9 Å². The lowest BCUT2D eigenvalue weighted by Crippen LogP contribution is -2.36. The van der Waals surface area contributed by atoms with E-state index < -0.39 is 23.4 Å². The van der Waals surface area contributed by atoms with Crippen LogP contribution >= 0.6 is 0 Å². The highest BCUT2D eigenvalue weighted by atomic mass is 19.1. The summed E-state index contributed by atoms with van der Waals surface area (Å²) < 4.78 is 18.9. The molecule has 10 heteroatoms. The van der Waals surface area contributed by atoms with E-state index in [1.165, 1.54) is 19.2 Å². The van der Waals surface area contributed by atoms with Crippen LogP contribution in [0.2, 0.25) is 0 Å². The standard InChI is InChI=1S/C26H28FN5O4/c1-15(33)21-22(31-23(30-21)19-6-5-13-32(19)25(35)36-26(2,3)4)16-7-9-17(10-8-16)24(34)29-20-14-18(27)11-12-28-20/h7-12,14,19H,5-6,13H2,1-4H3,(H,30,31)(H,28,29,34)/t19-/m0/s1. The number of hydrogen-bond acceptors (Lipinski definition) is 6. The molecule has 2 amide bonds. The number of imidazole rings is 1. The van der Waals surface area contributed by atoms with Crippen LogP contribution in [0.1, 0.15) is 73.2 Å². The molecule has 2 N–H and O–H groups in total. The molecule has 188 valence electrons. The lowest BCUT2D eigenvalue weighted by Gasteiger charge is -2.27. The zero-order valence-corrected chi connectivity index (χ0v) is 20.6. The molecular formula is C26H28FN5O4.